The van der Waals surface area contributed by atoms with E-state index in [4.69, 9.17) is 4.42 Å². The number of ether oxygens (including phenoxy) is 1. The summed E-state index contributed by atoms with van der Waals surface area (Å²) in [7, 11) is 0. The normalized spacial score (nSPS) is 10.8. The molecule has 0 atom stereocenters. The maximum atomic E-state index is 12.6. The molecule has 0 aliphatic rings. The zero-order chi connectivity index (χ0) is 17.1. The first-order valence-electron chi connectivity index (χ1n) is 7.15. The van der Waals surface area contributed by atoms with Gasteiger partial charge in [-0.2, -0.15) is 8.78 Å². The molecule has 3 aromatic rings. The quantitative estimate of drug-likeness (QED) is 0.635. The van der Waals surface area contributed by atoms with Gasteiger partial charge in [-0.25, -0.2) is 4.98 Å². The number of aromatic nitrogens is 1. The van der Waals surface area contributed by atoms with Crippen LogP contribution in [0.1, 0.15) is 16.2 Å². The summed E-state index contributed by atoms with van der Waals surface area (Å²) in [5.41, 5.74) is 2.23. The molecular formula is C18H13F2NO3. The lowest BCUT2D eigenvalue weighted by Gasteiger charge is -2.12. The Hall–Kier alpha value is -3.02. The van der Waals surface area contributed by atoms with Crippen molar-refractivity contribution in [3.8, 4) is 28.3 Å². The number of hydrogen-bond acceptors (Lipinski definition) is 4. The minimum Gasteiger partial charge on any atom is -0.434 e. The Labute approximate surface area is 136 Å². The average Bonchev–Trinajstić information content (AvgIpc) is 2.96. The highest BCUT2D eigenvalue weighted by Crippen LogP contribution is 2.35. The lowest BCUT2D eigenvalue weighted by atomic mass is 10.0. The predicted octanol–water partition coefficient (Wildman–Crippen LogP) is 4.73. The van der Waals surface area contributed by atoms with Crippen molar-refractivity contribution in [2.75, 3.05) is 0 Å². The third kappa shape index (κ3) is 3.17. The first-order valence-corrected chi connectivity index (χ1v) is 7.15. The SMILES string of the molecule is Cc1nc(-c2ccc(OC(F)F)c(-c3ccccc3)c2)oc1C=O. The third-order valence-corrected chi connectivity index (χ3v) is 3.47. The zero-order valence-corrected chi connectivity index (χ0v) is 12.7. The number of aryl methyl sites for hydroxylation is 1. The van der Waals surface area contributed by atoms with Gasteiger partial charge in [0, 0.05) is 11.1 Å². The molecule has 6 heteroatoms. The van der Waals surface area contributed by atoms with Crippen molar-refractivity contribution in [2.45, 2.75) is 13.5 Å². The number of aldehydes is 1. The number of halogens is 2. The summed E-state index contributed by atoms with van der Waals surface area (Å²) in [5, 5.41) is 0. The van der Waals surface area contributed by atoms with Crippen LogP contribution in [-0.2, 0) is 0 Å². The zero-order valence-electron chi connectivity index (χ0n) is 12.7. The molecule has 0 spiro atoms. The van der Waals surface area contributed by atoms with Crippen LogP contribution in [0.3, 0.4) is 0 Å². The van der Waals surface area contributed by atoms with Crippen LogP contribution in [-0.4, -0.2) is 17.9 Å². The molecule has 0 aliphatic heterocycles. The van der Waals surface area contributed by atoms with E-state index in [1.165, 1.54) is 6.07 Å². The molecule has 1 aromatic heterocycles. The number of nitrogens with zero attached hydrogens (tertiary/aromatic N) is 1. The number of carbonyl (C=O) groups is 1. The van der Waals surface area contributed by atoms with E-state index in [1.807, 2.05) is 6.07 Å². The van der Waals surface area contributed by atoms with E-state index in [1.54, 1.807) is 43.3 Å². The fourth-order valence-corrected chi connectivity index (χ4v) is 2.35. The van der Waals surface area contributed by atoms with Gasteiger partial charge in [0.25, 0.3) is 0 Å². The Morgan fingerprint density at radius 3 is 2.50 bits per heavy atom. The van der Waals surface area contributed by atoms with E-state index < -0.39 is 6.61 Å². The highest BCUT2D eigenvalue weighted by Gasteiger charge is 2.16. The molecule has 0 fully saturated rings. The Bertz CT molecular complexity index is 860. The summed E-state index contributed by atoms with van der Waals surface area (Å²) < 4.78 is 35.3. The van der Waals surface area contributed by atoms with Crippen LogP contribution in [0.2, 0.25) is 0 Å². The highest BCUT2D eigenvalue weighted by atomic mass is 19.3. The van der Waals surface area contributed by atoms with Crippen LogP contribution in [0, 0.1) is 6.92 Å². The van der Waals surface area contributed by atoms with Crippen molar-refractivity contribution in [3.05, 3.63) is 60.0 Å². The lowest BCUT2D eigenvalue weighted by Crippen LogP contribution is -2.03. The molecule has 0 aliphatic carbocycles. The largest absolute Gasteiger partial charge is 0.434 e. The molecule has 122 valence electrons. The van der Waals surface area contributed by atoms with E-state index in [0.717, 1.165) is 0 Å². The Kier molecular flexibility index (Phi) is 4.37. The third-order valence-electron chi connectivity index (χ3n) is 3.47. The van der Waals surface area contributed by atoms with Gasteiger partial charge in [0.1, 0.15) is 5.75 Å². The topological polar surface area (TPSA) is 52.3 Å². The minimum absolute atomic E-state index is 0.0545. The summed E-state index contributed by atoms with van der Waals surface area (Å²) in [4.78, 5) is 15.1. The van der Waals surface area contributed by atoms with Gasteiger partial charge in [-0.15, -0.1) is 0 Å². The van der Waals surface area contributed by atoms with Crippen LogP contribution in [0.25, 0.3) is 22.6 Å². The van der Waals surface area contributed by atoms with Crippen molar-refractivity contribution < 1.29 is 22.7 Å². The van der Waals surface area contributed by atoms with Gasteiger partial charge in [0.2, 0.25) is 5.89 Å². The van der Waals surface area contributed by atoms with Crippen molar-refractivity contribution in [1.82, 2.24) is 4.98 Å². The number of rotatable bonds is 5. The number of hydrogen-bond donors (Lipinski definition) is 0. The molecule has 24 heavy (non-hydrogen) atoms. The molecule has 0 unspecified atom stereocenters. The van der Waals surface area contributed by atoms with Gasteiger partial charge in [-0.1, -0.05) is 30.3 Å². The van der Waals surface area contributed by atoms with E-state index in [-0.39, 0.29) is 17.4 Å². The number of oxazole rings is 1. The summed E-state index contributed by atoms with van der Waals surface area (Å²) in [6.45, 7) is -1.27. The maximum Gasteiger partial charge on any atom is 0.387 e. The van der Waals surface area contributed by atoms with Gasteiger partial charge in [0.15, 0.2) is 12.0 Å². The fourth-order valence-electron chi connectivity index (χ4n) is 2.35. The number of benzene rings is 2. The molecule has 2 aromatic carbocycles. The Morgan fingerprint density at radius 2 is 1.88 bits per heavy atom. The Morgan fingerprint density at radius 1 is 1.12 bits per heavy atom. The van der Waals surface area contributed by atoms with Crippen LogP contribution in [0.15, 0.2) is 52.9 Å². The van der Waals surface area contributed by atoms with E-state index in [2.05, 4.69) is 9.72 Å². The first kappa shape index (κ1) is 15.9. The monoisotopic (exact) mass is 329 g/mol. The van der Waals surface area contributed by atoms with Crippen LogP contribution < -0.4 is 4.74 Å². The molecule has 1 heterocycles. The summed E-state index contributed by atoms with van der Waals surface area (Å²) in [6, 6.07) is 13.6. The van der Waals surface area contributed by atoms with Crippen molar-refractivity contribution >= 4 is 6.29 Å². The second kappa shape index (κ2) is 6.62. The van der Waals surface area contributed by atoms with Crippen molar-refractivity contribution in [1.29, 1.82) is 0 Å². The Balaban J connectivity index is 2.11. The second-order valence-electron chi connectivity index (χ2n) is 5.04. The van der Waals surface area contributed by atoms with Gasteiger partial charge in [-0.05, 0) is 30.7 Å². The number of alkyl halides is 2. The maximum absolute atomic E-state index is 12.6. The molecule has 0 bridgehead atoms. The summed E-state index contributed by atoms with van der Waals surface area (Å²) >= 11 is 0. The minimum atomic E-state index is -2.93. The molecule has 0 saturated carbocycles. The molecule has 4 nitrogen and oxygen atoms in total. The lowest BCUT2D eigenvalue weighted by molar-refractivity contribution is -0.0494. The van der Waals surface area contributed by atoms with Gasteiger partial charge >= 0.3 is 6.61 Å². The van der Waals surface area contributed by atoms with Crippen LogP contribution in [0.5, 0.6) is 5.75 Å². The molecule has 3 rings (SSSR count). The smallest absolute Gasteiger partial charge is 0.387 e. The van der Waals surface area contributed by atoms with Crippen molar-refractivity contribution in [3.63, 3.8) is 0 Å². The van der Waals surface area contributed by atoms with E-state index in [9.17, 15) is 13.6 Å². The van der Waals surface area contributed by atoms with Gasteiger partial charge in [0.05, 0.1) is 5.69 Å². The van der Waals surface area contributed by atoms with Crippen LogP contribution >= 0.6 is 0 Å². The summed E-state index contributed by atoms with van der Waals surface area (Å²) in [6.07, 6.45) is 0.582. The molecule has 0 amide bonds. The van der Waals surface area contributed by atoms with Crippen LogP contribution in [0.4, 0.5) is 8.78 Å². The predicted molar refractivity (Wildman–Crippen MR) is 84.1 cm³/mol. The molecule has 0 saturated heterocycles. The molecular weight excluding hydrogens is 316 g/mol. The van der Waals surface area contributed by atoms with E-state index in [0.29, 0.717) is 28.7 Å². The van der Waals surface area contributed by atoms with Gasteiger partial charge in [-0.3, -0.25) is 4.79 Å². The fraction of sp³-hybridized carbons (Fsp3) is 0.111. The molecule has 0 radical (unpaired) electrons. The standard InChI is InChI=1S/C18H13F2NO3/c1-11-16(10-22)23-17(21-11)13-7-8-15(24-18(19)20)14(9-13)12-5-3-2-4-6-12/h2-10,18H,1H3. The van der Waals surface area contributed by atoms with E-state index >= 15 is 0 Å². The molecule has 0 N–H and O–H groups in total. The number of carbonyl (C=O) groups excluding carboxylic acids is 1. The summed E-state index contributed by atoms with van der Waals surface area (Å²) in [5.74, 6) is 0.438. The average molecular weight is 329 g/mol. The second-order valence-corrected chi connectivity index (χ2v) is 5.04. The highest BCUT2D eigenvalue weighted by molar-refractivity contribution is 5.77. The van der Waals surface area contributed by atoms with Gasteiger partial charge < -0.3 is 9.15 Å². The first-order chi connectivity index (χ1) is 11.6. The van der Waals surface area contributed by atoms with Crippen molar-refractivity contribution in [2.24, 2.45) is 0 Å².